The van der Waals surface area contributed by atoms with Gasteiger partial charge in [-0.1, -0.05) is 182 Å². The number of fused-ring (bicyclic) bond motifs is 12. The highest BCUT2D eigenvalue weighted by Gasteiger charge is 2.31. The van der Waals surface area contributed by atoms with Crippen molar-refractivity contribution in [3.63, 3.8) is 0 Å². The van der Waals surface area contributed by atoms with Crippen LogP contribution in [0.3, 0.4) is 0 Å². The number of anilines is 6. The van der Waals surface area contributed by atoms with Crippen LogP contribution in [0.2, 0.25) is 0 Å². The Morgan fingerprint density at radius 3 is 0.886 bits per heavy atom. The van der Waals surface area contributed by atoms with E-state index >= 15 is 0 Å². The fourth-order valence-electron chi connectivity index (χ4n) is 11.9. The molecule has 70 heavy (non-hydrogen) atoms. The molecule has 0 aliphatic heterocycles. The van der Waals surface area contributed by atoms with E-state index in [4.69, 9.17) is 0 Å². The van der Waals surface area contributed by atoms with Gasteiger partial charge in [0.15, 0.2) is 0 Å². The predicted octanol–water partition coefficient (Wildman–Crippen LogP) is 18.3. The molecule has 4 heterocycles. The number of para-hydroxylation sites is 6. The van der Waals surface area contributed by atoms with Gasteiger partial charge in [0.2, 0.25) is 0 Å². The quantitative estimate of drug-likeness (QED) is 0.151. The lowest BCUT2D eigenvalue weighted by Crippen LogP contribution is -2.09. The number of nitrogens with zero attached hydrogens (tertiary/aromatic N) is 4. The Morgan fingerprint density at radius 1 is 0.229 bits per heavy atom. The van der Waals surface area contributed by atoms with Crippen molar-refractivity contribution in [2.45, 2.75) is 0 Å². The second-order valence-electron chi connectivity index (χ2n) is 18.4. The van der Waals surface area contributed by atoms with E-state index in [1.165, 1.54) is 98.4 Å². The number of hydrogen-bond donors (Lipinski definition) is 0. The van der Waals surface area contributed by atoms with Gasteiger partial charge in [0.25, 0.3) is 0 Å². The first-order chi connectivity index (χ1) is 34.8. The Hall–Kier alpha value is -9.38. The molecular formula is C66H42N4. The van der Waals surface area contributed by atoms with E-state index in [1.54, 1.807) is 0 Å². The molecule has 0 saturated carbocycles. The molecule has 11 aromatic carbocycles. The Bertz CT molecular complexity index is 4060. The molecule has 0 atom stereocenters. The first-order valence-electron chi connectivity index (χ1n) is 24.1. The van der Waals surface area contributed by atoms with Crippen molar-refractivity contribution in [3.05, 3.63) is 255 Å². The molecular weight excluding hydrogens is 849 g/mol. The van der Waals surface area contributed by atoms with E-state index < -0.39 is 0 Å². The van der Waals surface area contributed by atoms with Crippen LogP contribution in [0.25, 0.3) is 98.4 Å². The number of hydrogen-bond acceptors (Lipinski definition) is 2. The molecule has 4 heteroatoms. The zero-order valence-electron chi connectivity index (χ0n) is 38.0. The van der Waals surface area contributed by atoms with Crippen LogP contribution >= 0.6 is 0 Å². The van der Waals surface area contributed by atoms with Gasteiger partial charge in [-0.25, -0.2) is 0 Å². The van der Waals surface area contributed by atoms with Gasteiger partial charge in [-0.05, 0) is 83.9 Å². The summed E-state index contributed by atoms with van der Waals surface area (Å²) in [7, 11) is 0. The molecule has 0 saturated heterocycles. The zero-order valence-corrected chi connectivity index (χ0v) is 38.0. The van der Waals surface area contributed by atoms with Crippen LogP contribution in [-0.4, -0.2) is 8.80 Å². The average molecular weight is 891 g/mol. The van der Waals surface area contributed by atoms with Crippen molar-refractivity contribution in [2.24, 2.45) is 0 Å². The SMILES string of the molecule is c1ccc(-c2c3c4cccc5c6ccc(N(c7ccccc7)c7ccccc7)cc6n(c3c(-c3ccccc3)c3c6cccc7c8ccc(N(c9ccccc9)c9ccccc9)cc8n(c23)c76)c54)cc1. The second-order valence-corrected chi connectivity index (χ2v) is 18.4. The molecule has 4 nitrogen and oxygen atoms in total. The normalized spacial score (nSPS) is 12.0. The Morgan fingerprint density at radius 2 is 0.543 bits per heavy atom. The van der Waals surface area contributed by atoms with Gasteiger partial charge in [0, 0.05) is 88.3 Å². The predicted molar refractivity (Wildman–Crippen MR) is 296 cm³/mol. The van der Waals surface area contributed by atoms with Crippen molar-refractivity contribution in [1.82, 2.24) is 8.80 Å². The lowest BCUT2D eigenvalue weighted by molar-refractivity contribution is 1.28. The monoisotopic (exact) mass is 890 g/mol. The second kappa shape index (κ2) is 15.1. The third-order valence-electron chi connectivity index (χ3n) is 14.7. The van der Waals surface area contributed by atoms with E-state index in [0.29, 0.717) is 0 Å². The minimum Gasteiger partial charge on any atom is -0.310 e. The summed E-state index contributed by atoms with van der Waals surface area (Å²) in [6.07, 6.45) is 0. The third-order valence-corrected chi connectivity index (χ3v) is 14.7. The van der Waals surface area contributed by atoms with Gasteiger partial charge in [-0.15, -0.1) is 0 Å². The van der Waals surface area contributed by atoms with E-state index in [-0.39, 0.29) is 0 Å². The molecule has 0 bridgehead atoms. The molecule has 0 amide bonds. The maximum atomic E-state index is 2.61. The first-order valence-corrected chi connectivity index (χ1v) is 24.1. The molecule has 4 aromatic heterocycles. The fourth-order valence-corrected chi connectivity index (χ4v) is 11.9. The molecule has 0 fully saturated rings. The number of rotatable bonds is 8. The van der Waals surface area contributed by atoms with Crippen molar-refractivity contribution in [3.8, 4) is 22.3 Å². The summed E-state index contributed by atoms with van der Waals surface area (Å²) in [5, 5.41) is 9.98. The summed E-state index contributed by atoms with van der Waals surface area (Å²) in [4.78, 5) is 4.75. The van der Waals surface area contributed by atoms with Crippen molar-refractivity contribution < 1.29 is 0 Å². The molecule has 0 spiro atoms. The van der Waals surface area contributed by atoms with Crippen molar-refractivity contribution in [2.75, 3.05) is 9.80 Å². The molecule has 0 aliphatic carbocycles. The molecule has 15 rings (SSSR count). The smallest absolute Gasteiger partial charge is 0.0634 e. The highest BCUT2D eigenvalue weighted by molar-refractivity contribution is 6.38. The van der Waals surface area contributed by atoms with Gasteiger partial charge in [-0.3, -0.25) is 0 Å². The topological polar surface area (TPSA) is 15.3 Å². The summed E-state index contributed by atoms with van der Waals surface area (Å²) < 4.78 is 5.23. The number of benzene rings is 11. The first kappa shape index (κ1) is 38.7. The zero-order chi connectivity index (χ0) is 45.9. The van der Waals surface area contributed by atoms with E-state index in [2.05, 4.69) is 273 Å². The van der Waals surface area contributed by atoms with Gasteiger partial charge in [-0.2, -0.15) is 0 Å². The van der Waals surface area contributed by atoms with Gasteiger partial charge in [0.05, 0.1) is 33.1 Å². The van der Waals surface area contributed by atoms with E-state index in [9.17, 15) is 0 Å². The molecule has 0 unspecified atom stereocenters. The standard InChI is InChI=1S/C66H42N4/c1-7-21-43(22-8-1)59-61-55-35-19-33-53-52-40-38-50(68(47-29-15-5-16-30-47)48-31-17-6-18-32-48)42-58(52)70(63(53)55)66(61)60(44-23-9-2-10-24-44)62-56-36-20-34-54-51-39-37-49(41-57(51)69(64(54)56)65(59)62)67(45-25-11-3-12-26-45)46-27-13-4-14-28-46/h1-42H. The van der Waals surface area contributed by atoms with Crippen LogP contribution in [0, 0.1) is 0 Å². The third kappa shape index (κ3) is 5.47. The fraction of sp³-hybridized carbons (Fsp3) is 0. The van der Waals surface area contributed by atoms with Gasteiger partial charge >= 0.3 is 0 Å². The Kier molecular flexibility index (Phi) is 8.33. The Labute approximate surface area is 404 Å². The minimum absolute atomic E-state index is 1.10. The maximum absolute atomic E-state index is 2.61. The number of aromatic nitrogens is 2. The summed E-state index contributed by atoms with van der Waals surface area (Å²) in [6.45, 7) is 0. The highest BCUT2D eigenvalue weighted by Crippen LogP contribution is 2.54. The van der Waals surface area contributed by atoms with Gasteiger partial charge < -0.3 is 18.6 Å². The van der Waals surface area contributed by atoms with Crippen molar-refractivity contribution in [1.29, 1.82) is 0 Å². The van der Waals surface area contributed by atoms with Crippen LogP contribution in [-0.2, 0) is 0 Å². The molecule has 326 valence electrons. The summed E-state index contributed by atoms with van der Waals surface area (Å²) in [6, 6.07) is 93.2. The summed E-state index contributed by atoms with van der Waals surface area (Å²) in [5.41, 5.74) is 18.8. The Balaban J connectivity index is 1.14. The summed E-state index contributed by atoms with van der Waals surface area (Å²) >= 11 is 0. The molecule has 15 aromatic rings. The minimum atomic E-state index is 1.10. The van der Waals surface area contributed by atoms with Crippen molar-refractivity contribution >= 4 is 110 Å². The average Bonchev–Trinajstić information content (AvgIpc) is 4.17. The van der Waals surface area contributed by atoms with Crippen LogP contribution in [0.5, 0.6) is 0 Å². The molecule has 0 N–H and O–H groups in total. The largest absolute Gasteiger partial charge is 0.310 e. The molecule has 0 radical (unpaired) electrons. The maximum Gasteiger partial charge on any atom is 0.0634 e. The summed E-state index contributed by atoms with van der Waals surface area (Å²) in [5.74, 6) is 0. The van der Waals surface area contributed by atoms with Gasteiger partial charge in [0.1, 0.15) is 0 Å². The lowest BCUT2D eigenvalue weighted by Gasteiger charge is -2.25. The van der Waals surface area contributed by atoms with Crippen LogP contribution < -0.4 is 9.80 Å². The van der Waals surface area contributed by atoms with Crippen LogP contribution in [0.4, 0.5) is 34.1 Å². The van der Waals surface area contributed by atoms with E-state index in [0.717, 1.165) is 34.1 Å². The van der Waals surface area contributed by atoms with Crippen LogP contribution in [0.1, 0.15) is 0 Å². The van der Waals surface area contributed by atoms with E-state index in [1.807, 2.05) is 0 Å². The van der Waals surface area contributed by atoms with Crippen LogP contribution in [0.15, 0.2) is 255 Å². The lowest BCUT2D eigenvalue weighted by atomic mass is 9.89. The highest BCUT2D eigenvalue weighted by atomic mass is 15.1. The molecule has 0 aliphatic rings.